The maximum Gasteiger partial charge on any atom is 0.325 e. The highest BCUT2D eigenvalue weighted by molar-refractivity contribution is 6.10. The molecule has 9 heteroatoms. The van der Waals surface area contributed by atoms with E-state index in [9.17, 15) is 14.4 Å². The van der Waals surface area contributed by atoms with Gasteiger partial charge in [-0.1, -0.05) is 19.8 Å². The monoisotopic (exact) mass is 384 g/mol. The van der Waals surface area contributed by atoms with Gasteiger partial charge in [0, 0.05) is 12.4 Å². The van der Waals surface area contributed by atoms with E-state index in [1.54, 1.807) is 17.8 Å². The highest BCUT2D eigenvalue weighted by atomic mass is 16.2. The number of fused-ring (bicyclic) bond motifs is 1. The SMILES string of the molecule is Cc1nn(C)c2ncc(NC(=O)CN3C(=O)N[C@]4(CCCC[C@H]4C)C3=O)cc12. The third-order valence-corrected chi connectivity index (χ3v) is 5.95. The first kappa shape index (κ1) is 18.4. The number of pyridine rings is 1. The fourth-order valence-corrected chi connectivity index (χ4v) is 4.36. The van der Waals surface area contributed by atoms with Crippen molar-refractivity contribution in [3.63, 3.8) is 0 Å². The predicted octanol–water partition coefficient (Wildman–Crippen LogP) is 1.72. The van der Waals surface area contributed by atoms with Gasteiger partial charge in [0.15, 0.2) is 5.65 Å². The summed E-state index contributed by atoms with van der Waals surface area (Å²) in [5.74, 6) is -0.672. The van der Waals surface area contributed by atoms with Crippen LogP contribution < -0.4 is 10.6 Å². The van der Waals surface area contributed by atoms with E-state index in [0.29, 0.717) is 12.1 Å². The van der Waals surface area contributed by atoms with Crippen LogP contribution in [0, 0.1) is 12.8 Å². The van der Waals surface area contributed by atoms with E-state index < -0.39 is 17.5 Å². The van der Waals surface area contributed by atoms with Crippen molar-refractivity contribution in [1.29, 1.82) is 0 Å². The molecule has 148 valence electrons. The highest BCUT2D eigenvalue weighted by Crippen LogP contribution is 2.38. The molecule has 2 aromatic heterocycles. The van der Waals surface area contributed by atoms with Gasteiger partial charge in [-0.05, 0) is 31.7 Å². The van der Waals surface area contributed by atoms with Crippen LogP contribution in [0.5, 0.6) is 0 Å². The number of hydrogen-bond donors (Lipinski definition) is 2. The molecule has 28 heavy (non-hydrogen) atoms. The Balaban J connectivity index is 1.48. The Morgan fingerprint density at radius 1 is 1.39 bits per heavy atom. The third kappa shape index (κ3) is 2.81. The highest BCUT2D eigenvalue weighted by Gasteiger charge is 2.55. The molecule has 1 saturated carbocycles. The van der Waals surface area contributed by atoms with Crippen LogP contribution in [0.15, 0.2) is 12.3 Å². The molecule has 0 unspecified atom stereocenters. The molecule has 2 fully saturated rings. The second-order valence-corrected chi connectivity index (χ2v) is 7.79. The minimum Gasteiger partial charge on any atom is -0.323 e. The van der Waals surface area contributed by atoms with Crippen LogP contribution in [-0.2, 0) is 16.6 Å². The van der Waals surface area contributed by atoms with Gasteiger partial charge in [0.2, 0.25) is 5.91 Å². The lowest BCUT2D eigenvalue weighted by Gasteiger charge is -2.36. The predicted molar refractivity (Wildman–Crippen MR) is 102 cm³/mol. The lowest BCUT2D eigenvalue weighted by atomic mass is 9.73. The van der Waals surface area contributed by atoms with E-state index in [-0.39, 0.29) is 18.4 Å². The van der Waals surface area contributed by atoms with Crippen molar-refractivity contribution in [2.24, 2.45) is 13.0 Å². The molecular weight excluding hydrogens is 360 g/mol. The lowest BCUT2D eigenvalue weighted by molar-refractivity contribution is -0.136. The molecule has 1 aliphatic heterocycles. The van der Waals surface area contributed by atoms with Crippen LogP contribution in [-0.4, -0.2) is 49.6 Å². The standard InChI is InChI=1S/C19H24N6O3/c1-11-6-4-5-7-19(11)17(27)25(18(28)22-19)10-15(26)21-13-8-14-12(2)23-24(3)16(14)20-9-13/h8-9,11H,4-7,10H2,1-3H3,(H,21,26)(H,22,28)/t11-,19+/m1/s1. The van der Waals surface area contributed by atoms with Gasteiger partial charge in [0.05, 0.1) is 17.6 Å². The smallest absolute Gasteiger partial charge is 0.323 e. The van der Waals surface area contributed by atoms with E-state index in [2.05, 4.69) is 20.7 Å². The summed E-state index contributed by atoms with van der Waals surface area (Å²) in [6, 6.07) is 1.30. The summed E-state index contributed by atoms with van der Waals surface area (Å²) in [6.45, 7) is 3.54. The molecular formula is C19H24N6O3. The lowest BCUT2D eigenvalue weighted by Crippen LogP contribution is -2.54. The zero-order valence-corrected chi connectivity index (χ0v) is 16.3. The van der Waals surface area contributed by atoms with Crippen molar-refractivity contribution in [3.05, 3.63) is 18.0 Å². The van der Waals surface area contributed by atoms with E-state index in [1.165, 1.54) is 6.20 Å². The van der Waals surface area contributed by atoms with Crippen molar-refractivity contribution in [1.82, 2.24) is 25.0 Å². The number of imide groups is 1. The molecule has 2 atom stereocenters. The zero-order chi connectivity index (χ0) is 20.1. The van der Waals surface area contributed by atoms with E-state index in [1.807, 2.05) is 13.8 Å². The van der Waals surface area contributed by atoms with Crippen LogP contribution in [0.2, 0.25) is 0 Å². The molecule has 2 N–H and O–H groups in total. The number of anilines is 1. The Bertz CT molecular complexity index is 983. The van der Waals surface area contributed by atoms with Gasteiger partial charge >= 0.3 is 6.03 Å². The third-order valence-electron chi connectivity index (χ3n) is 5.95. The number of aromatic nitrogens is 3. The van der Waals surface area contributed by atoms with Gasteiger partial charge in [-0.3, -0.25) is 19.2 Å². The fourth-order valence-electron chi connectivity index (χ4n) is 4.36. The molecule has 9 nitrogen and oxygen atoms in total. The van der Waals surface area contributed by atoms with E-state index in [4.69, 9.17) is 0 Å². The molecule has 4 amide bonds. The fraction of sp³-hybridized carbons (Fsp3) is 0.526. The number of rotatable bonds is 3. The van der Waals surface area contributed by atoms with Crippen LogP contribution in [0.1, 0.15) is 38.3 Å². The number of urea groups is 1. The number of amides is 4. The number of nitrogens with one attached hydrogen (secondary N) is 2. The first-order chi connectivity index (χ1) is 13.3. The summed E-state index contributed by atoms with van der Waals surface area (Å²) in [5.41, 5.74) is 1.17. The van der Waals surface area contributed by atoms with Crippen molar-refractivity contribution in [3.8, 4) is 0 Å². The molecule has 0 aromatic carbocycles. The second kappa shape index (κ2) is 6.57. The summed E-state index contributed by atoms with van der Waals surface area (Å²) in [5, 5.41) is 10.7. The summed E-state index contributed by atoms with van der Waals surface area (Å²) in [4.78, 5) is 43.2. The summed E-state index contributed by atoms with van der Waals surface area (Å²) in [6.07, 6.45) is 5.00. The number of carbonyl (C=O) groups is 3. The van der Waals surface area contributed by atoms with E-state index in [0.717, 1.165) is 40.9 Å². The molecule has 1 saturated heterocycles. The van der Waals surface area contributed by atoms with Crippen LogP contribution >= 0.6 is 0 Å². The topological polar surface area (TPSA) is 109 Å². The van der Waals surface area contributed by atoms with Crippen molar-refractivity contribution >= 4 is 34.6 Å². The Kier molecular flexibility index (Phi) is 4.32. The van der Waals surface area contributed by atoms with Crippen LogP contribution in [0.4, 0.5) is 10.5 Å². The summed E-state index contributed by atoms with van der Waals surface area (Å²) in [7, 11) is 1.81. The maximum atomic E-state index is 13.0. The maximum absolute atomic E-state index is 13.0. The van der Waals surface area contributed by atoms with Gasteiger partial charge in [-0.25, -0.2) is 9.78 Å². The van der Waals surface area contributed by atoms with Gasteiger partial charge < -0.3 is 10.6 Å². The van der Waals surface area contributed by atoms with Gasteiger partial charge in [-0.2, -0.15) is 5.10 Å². The van der Waals surface area contributed by atoms with E-state index >= 15 is 0 Å². The molecule has 1 aliphatic carbocycles. The van der Waals surface area contributed by atoms with Crippen molar-refractivity contribution in [2.45, 2.75) is 45.1 Å². The second-order valence-electron chi connectivity index (χ2n) is 7.79. The molecule has 1 spiro atoms. The number of carbonyl (C=O) groups excluding carboxylic acids is 3. The summed E-state index contributed by atoms with van der Waals surface area (Å²) < 4.78 is 1.67. The Hall–Kier alpha value is -2.97. The van der Waals surface area contributed by atoms with Gasteiger partial charge in [0.1, 0.15) is 12.1 Å². The minimum absolute atomic E-state index is 0.0610. The number of aryl methyl sites for hydroxylation is 2. The average molecular weight is 384 g/mol. The molecule has 3 heterocycles. The number of hydrogen-bond acceptors (Lipinski definition) is 5. The minimum atomic E-state index is -0.858. The first-order valence-electron chi connectivity index (χ1n) is 9.55. The zero-order valence-electron chi connectivity index (χ0n) is 16.3. The Morgan fingerprint density at radius 2 is 2.18 bits per heavy atom. The summed E-state index contributed by atoms with van der Waals surface area (Å²) >= 11 is 0. The first-order valence-corrected chi connectivity index (χ1v) is 9.55. The van der Waals surface area contributed by atoms with Crippen LogP contribution in [0.3, 0.4) is 0 Å². The Labute approximate surface area is 162 Å². The normalized spacial score (nSPS) is 24.8. The van der Waals surface area contributed by atoms with Crippen molar-refractivity contribution in [2.75, 3.05) is 11.9 Å². The van der Waals surface area contributed by atoms with Crippen LogP contribution in [0.25, 0.3) is 11.0 Å². The Morgan fingerprint density at radius 3 is 2.93 bits per heavy atom. The number of nitrogens with zero attached hydrogens (tertiary/aromatic N) is 4. The van der Waals surface area contributed by atoms with Gasteiger partial charge in [0.25, 0.3) is 5.91 Å². The molecule has 4 rings (SSSR count). The molecule has 2 aliphatic rings. The largest absolute Gasteiger partial charge is 0.325 e. The van der Waals surface area contributed by atoms with Gasteiger partial charge in [-0.15, -0.1) is 0 Å². The average Bonchev–Trinajstić information content (AvgIpc) is 3.06. The van der Waals surface area contributed by atoms with Crippen molar-refractivity contribution < 1.29 is 14.4 Å². The quantitative estimate of drug-likeness (QED) is 0.783. The molecule has 2 aromatic rings. The molecule has 0 radical (unpaired) electrons. The molecule has 0 bridgehead atoms.